The van der Waals surface area contributed by atoms with Gasteiger partial charge in [0.1, 0.15) is 11.5 Å². The van der Waals surface area contributed by atoms with Crippen molar-refractivity contribution < 1.29 is 27.8 Å². The number of phenolic OH excluding ortho intramolecular Hbond substituents is 1. The number of aryl methyl sites for hydroxylation is 1. The molecule has 24 heavy (non-hydrogen) atoms. The largest absolute Gasteiger partial charge is 0.573 e. The molecule has 0 aliphatic heterocycles. The Morgan fingerprint density at radius 2 is 1.71 bits per heavy atom. The van der Waals surface area contributed by atoms with Gasteiger partial charge in [-0.05, 0) is 30.5 Å². The van der Waals surface area contributed by atoms with Crippen molar-refractivity contribution in [3.63, 3.8) is 0 Å². The van der Waals surface area contributed by atoms with Crippen LogP contribution in [0.15, 0.2) is 36.4 Å². The van der Waals surface area contributed by atoms with Crippen molar-refractivity contribution in [3.8, 4) is 17.2 Å². The molecule has 8 heteroatoms. The predicted molar refractivity (Wildman–Crippen MR) is 85.1 cm³/mol. The molecule has 0 spiro atoms. The van der Waals surface area contributed by atoms with Crippen LogP contribution in [0.3, 0.4) is 0 Å². The van der Waals surface area contributed by atoms with Crippen LogP contribution in [0.5, 0.6) is 17.2 Å². The van der Waals surface area contributed by atoms with Crippen molar-refractivity contribution in [1.29, 1.82) is 0 Å². The van der Waals surface area contributed by atoms with Crippen molar-refractivity contribution in [2.75, 3.05) is 6.61 Å². The van der Waals surface area contributed by atoms with Crippen LogP contribution in [0.2, 0.25) is 10.0 Å². The maximum atomic E-state index is 12.2. The molecule has 0 aliphatic carbocycles. The lowest BCUT2D eigenvalue weighted by Gasteiger charge is -2.11. The minimum absolute atomic E-state index is 0.0705. The molecule has 0 aliphatic rings. The van der Waals surface area contributed by atoms with Gasteiger partial charge in [0.15, 0.2) is 5.75 Å². The Hall–Kier alpha value is -1.79. The Balaban J connectivity index is 1.88. The molecule has 0 saturated heterocycles. The SMILES string of the molecule is Oc1cc(Cl)c(OCCCc2cccc(OC(F)(F)F)c2)c(Cl)c1. The van der Waals surface area contributed by atoms with Gasteiger partial charge in [0.25, 0.3) is 0 Å². The average Bonchev–Trinajstić information content (AvgIpc) is 2.44. The van der Waals surface area contributed by atoms with Crippen molar-refractivity contribution in [2.45, 2.75) is 19.2 Å². The van der Waals surface area contributed by atoms with Gasteiger partial charge >= 0.3 is 6.36 Å². The van der Waals surface area contributed by atoms with E-state index in [-0.39, 0.29) is 33.9 Å². The second-order valence-electron chi connectivity index (χ2n) is 4.89. The molecule has 0 saturated carbocycles. The fraction of sp³-hybridized carbons (Fsp3) is 0.250. The van der Waals surface area contributed by atoms with Crippen molar-refractivity contribution in [2.24, 2.45) is 0 Å². The van der Waals surface area contributed by atoms with Crippen molar-refractivity contribution >= 4 is 23.2 Å². The van der Waals surface area contributed by atoms with Crippen LogP contribution in [0.25, 0.3) is 0 Å². The third-order valence-corrected chi connectivity index (χ3v) is 3.53. The number of hydrogen-bond acceptors (Lipinski definition) is 3. The van der Waals surface area contributed by atoms with Crippen LogP contribution in [0, 0.1) is 0 Å². The molecule has 130 valence electrons. The quantitative estimate of drug-likeness (QED) is 0.662. The predicted octanol–water partition coefficient (Wildman–Crippen LogP) is 5.61. The van der Waals surface area contributed by atoms with Gasteiger partial charge in [0.2, 0.25) is 0 Å². The summed E-state index contributed by atoms with van der Waals surface area (Å²) in [7, 11) is 0. The number of halogens is 5. The van der Waals surface area contributed by atoms with Gasteiger partial charge in [-0.1, -0.05) is 35.3 Å². The van der Waals surface area contributed by atoms with E-state index >= 15 is 0 Å². The second-order valence-corrected chi connectivity index (χ2v) is 5.70. The maximum absolute atomic E-state index is 12.2. The Morgan fingerprint density at radius 3 is 2.33 bits per heavy atom. The number of ether oxygens (including phenoxy) is 2. The van der Waals surface area contributed by atoms with E-state index in [2.05, 4.69) is 4.74 Å². The van der Waals surface area contributed by atoms with Crippen LogP contribution in [0.4, 0.5) is 13.2 Å². The van der Waals surface area contributed by atoms with Crippen LogP contribution < -0.4 is 9.47 Å². The normalized spacial score (nSPS) is 11.4. The molecule has 3 nitrogen and oxygen atoms in total. The van der Waals surface area contributed by atoms with E-state index in [4.69, 9.17) is 27.9 Å². The fourth-order valence-corrected chi connectivity index (χ4v) is 2.62. The van der Waals surface area contributed by atoms with Gasteiger partial charge in [0, 0.05) is 12.1 Å². The van der Waals surface area contributed by atoms with E-state index in [1.54, 1.807) is 6.07 Å². The Labute approximate surface area is 146 Å². The number of hydrogen-bond donors (Lipinski definition) is 1. The van der Waals surface area contributed by atoms with Crippen molar-refractivity contribution in [1.82, 2.24) is 0 Å². The number of benzene rings is 2. The summed E-state index contributed by atoms with van der Waals surface area (Å²) in [5, 5.41) is 9.69. The molecular formula is C16H13Cl2F3O3. The third kappa shape index (κ3) is 5.69. The smallest absolute Gasteiger partial charge is 0.508 e. The molecule has 0 amide bonds. The van der Waals surface area contributed by atoms with Crippen LogP contribution >= 0.6 is 23.2 Å². The maximum Gasteiger partial charge on any atom is 0.573 e. The van der Waals surface area contributed by atoms with Crippen LogP contribution in [-0.4, -0.2) is 18.1 Å². The zero-order valence-corrected chi connectivity index (χ0v) is 13.8. The monoisotopic (exact) mass is 380 g/mol. The number of rotatable bonds is 6. The van der Waals surface area contributed by atoms with Crippen molar-refractivity contribution in [3.05, 3.63) is 52.0 Å². The highest BCUT2D eigenvalue weighted by Crippen LogP contribution is 2.36. The molecule has 0 radical (unpaired) electrons. The van der Waals surface area contributed by atoms with E-state index in [0.29, 0.717) is 18.4 Å². The zero-order valence-electron chi connectivity index (χ0n) is 12.2. The first-order valence-electron chi connectivity index (χ1n) is 6.90. The standard InChI is InChI=1S/C16H13Cl2F3O3/c17-13-8-11(22)9-14(18)15(13)23-6-2-4-10-3-1-5-12(7-10)24-16(19,20)21/h1,3,5,7-9,22H,2,4,6H2. The summed E-state index contributed by atoms with van der Waals surface area (Å²) in [6.07, 6.45) is -3.69. The second kappa shape index (κ2) is 7.85. The lowest BCUT2D eigenvalue weighted by Crippen LogP contribution is -2.17. The molecule has 2 aromatic carbocycles. The minimum Gasteiger partial charge on any atom is -0.508 e. The van der Waals surface area contributed by atoms with E-state index in [1.807, 2.05) is 0 Å². The number of alkyl halides is 3. The molecule has 0 aromatic heterocycles. The highest BCUT2D eigenvalue weighted by atomic mass is 35.5. The summed E-state index contributed by atoms with van der Waals surface area (Å²) >= 11 is 11.8. The number of aromatic hydroxyl groups is 1. The first kappa shape index (κ1) is 18.5. The van der Waals surface area contributed by atoms with Gasteiger partial charge in [-0.3, -0.25) is 0 Å². The molecule has 1 N–H and O–H groups in total. The van der Waals surface area contributed by atoms with E-state index in [0.717, 1.165) is 0 Å². The van der Waals surface area contributed by atoms with E-state index in [9.17, 15) is 18.3 Å². The first-order chi connectivity index (χ1) is 11.2. The lowest BCUT2D eigenvalue weighted by atomic mass is 10.1. The van der Waals surface area contributed by atoms with Crippen LogP contribution in [-0.2, 0) is 6.42 Å². The summed E-state index contributed by atoms with van der Waals surface area (Å²) in [6.45, 7) is 0.259. The molecular weight excluding hydrogens is 368 g/mol. The summed E-state index contributed by atoms with van der Waals surface area (Å²) in [4.78, 5) is 0. The zero-order chi connectivity index (χ0) is 17.7. The summed E-state index contributed by atoms with van der Waals surface area (Å²) in [5.74, 6) is -0.0744. The van der Waals surface area contributed by atoms with E-state index < -0.39 is 6.36 Å². The Morgan fingerprint density at radius 1 is 1.04 bits per heavy atom. The van der Waals surface area contributed by atoms with Crippen LogP contribution in [0.1, 0.15) is 12.0 Å². The average molecular weight is 381 g/mol. The third-order valence-electron chi connectivity index (χ3n) is 2.97. The molecule has 0 atom stereocenters. The minimum atomic E-state index is -4.71. The van der Waals surface area contributed by atoms with Gasteiger partial charge in [-0.25, -0.2) is 0 Å². The Kier molecular flexibility index (Phi) is 6.07. The molecule has 0 unspecified atom stereocenters. The molecule has 2 aromatic rings. The van der Waals surface area contributed by atoms with E-state index in [1.165, 1.54) is 30.3 Å². The van der Waals surface area contributed by atoms with Gasteiger partial charge in [-0.15, -0.1) is 13.2 Å². The fourth-order valence-electron chi connectivity index (χ4n) is 2.03. The number of phenols is 1. The van der Waals surface area contributed by atoms with Gasteiger partial charge < -0.3 is 14.6 Å². The lowest BCUT2D eigenvalue weighted by molar-refractivity contribution is -0.274. The topological polar surface area (TPSA) is 38.7 Å². The summed E-state index contributed by atoms with van der Waals surface area (Å²) < 4.78 is 45.9. The first-order valence-corrected chi connectivity index (χ1v) is 7.66. The summed E-state index contributed by atoms with van der Waals surface area (Å²) in [6, 6.07) is 8.37. The highest BCUT2D eigenvalue weighted by molar-refractivity contribution is 6.37. The van der Waals surface area contributed by atoms with Gasteiger partial charge in [0.05, 0.1) is 16.7 Å². The molecule has 2 rings (SSSR count). The molecule has 0 bridgehead atoms. The highest BCUT2D eigenvalue weighted by Gasteiger charge is 2.31. The summed E-state index contributed by atoms with van der Waals surface area (Å²) in [5.41, 5.74) is 0.684. The molecule has 0 heterocycles. The van der Waals surface area contributed by atoms with Gasteiger partial charge in [-0.2, -0.15) is 0 Å². The molecule has 0 fully saturated rings. The Bertz CT molecular complexity index is 682.